The molecule has 0 spiro atoms. The lowest BCUT2D eigenvalue weighted by molar-refractivity contribution is -0.126. The fourth-order valence-corrected chi connectivity index (χ4v) is 5.14. The van der Waals surface area contributed by atoms with Gasteiger partial charge in [-0.15, -0.1) is 0 Å². The van der Waals surface area contributed by atoms with Crippen LogP contribution in [0.15, 0.2) is 72.7 Å². The maximum atomic E-state index is 13.7. The summed E-state index contributed by atoms with van der Waals surface area (Å²) in [6.45, 7) is 1.77. The van der Waals surface area contributed by atoms with E-state index < -0.39 is 0 Å². The molecule has 5 rings (SSSR count). The summed E-state index contributed by atoms with van der Waals surface area (Å²) < 4.78 is 3.71. The first kappa shape index (κ1) is 23.1. The Morgan fingerprint density at radius 3 is 2.63 bits per heavy atom. The molecule has 35 heavy (non-hydrogen) atoms. The number of hydrogen-bond donors (Lipinski definition) is 1. The summed E-state index contributed by atoms with van der Waals surface area (Å²) in [7, 11) is 0. The highest BCUT2D eigenvalue weighted by molar-refractivity contribution is 5.97. The molecule has 1 fully saturated rings. The number of amides is 2. The fourth-order valence-electron chi connectivity index (χ4n) is 5.14. The van der Waals surface area contributed by atoms with E-state index in [2.05, 4.69) is 16.5 Å². The molecule has 7 heteroatoms. The Morgan fingerprint density at radius 1 is 1.03 bits per heavy atom. The fraction of sp³-hybridized carbons (Fsp3) is 0.393. The van der Waals surface area contributed by atoms with E-state index >= 15 is 0 Å². The van der Waals surface area contributed by atoms with E-state index in [4.69, 9.17) is 0 Å². The lowest BCUT2D eigenvalue weighted by atomic mass is 9.95. The standard InChI is InChI=1S/C28H33N5O2/c34-26(29-16-15-22-10-3-1-4-11-22)23-12-9-19-32(21-23)28(35)25-20-30-33(24-13-5-2-6-14-24)27(25)31-17-7-8-18-31/h2,5-8,10,13-14,17-18,20,23H,1,3-4,9,11-12,15-16,19,21H2,(H,29,34)/t23-/m1/s1. The van der Waals surface area contributed by atoms with E-state index in [0.29, 0.717) is 31.0 Å². The zero-order valence-electron chi connectivity index (χ0n) is 20.1. The molecular formula is C28H33N5O2. The van der Waals surface area contributed by atoms with Crippen LogP contribution in [0.2, 0.25) is 0 Å². The van der Waals surface area contributed by atoms with Crippen LogP contribution in [0.25, 0.3) is 11.5 Å². The molecule has 1 aliphatic heterocycles. The number of nitrogens with zero attached hydrogens (tertiary/aromatic N) is 4. The lowest BCUT2D eigenvalue weighted by Gasteiger charge is -2.32. The van der Waals surface area contributed by atoms with Crippen molar-refractivity contribution in [3.8, 4) is 11.5 Å². The molecule has 1 saturated heterocycles. The molecule has 3 aromatic rings. The summed E-state index contributed by atoms with van der Waals surface area (Å²) in [6, 6.07) is 13.7. The van der Waals surface area contributed by atoms with Gasteiger partial charge in [-0.2, -0.15) is 5.10 Å². The molecule has 0 saturated carbocycles. The largest absolute Gasteiger partial charge is 0.355 e. The van der Waals surface area contributed by atoms with E-state index in [1.54, 1.807) is 10.9 Å². The summed E-state index contributed by atoms with van der Waals surface area (Å²) in [4.78, 5) is 28.4. The van der Waals surface area contributed by atoms with E-state index in [1.807, 2.05) is 64.3 Å². The number of allylic oxidation sites excluding steroid dienone is 1. The van der Waals surface area contributed by atoms with E-state index in [0.717, 1.165) is 37.8 Å². The Morgan fingerprint density at radius 2 is 1.86 bits per heavy atom. The second-order valence-electron chi connectivity index (χ2n) is 9.46. The number of hydrogen-bond acceptors (Lipinski definition) is 3. The Bertz CT molecular complexity index is 1180. The number of aromatic nitrogens is 3. The number of benzene rings is 1. The molecule has 7 nitrogen and oxygen atoms in total. The molecule has 1 aromatic carbocycles. The van der Waals surface area contributed by atoms with E-state index in [1.165, 1.54) is 18.4 Å². The van der Waals surface area contributed by atoms with Gasteiger partial charge in [0.15, 0.2) is 5.82 Å². The van der Waals surface area contributed by atoms with Gasteiger partial charge in [0, 0.05) is 32.0 Å². The first-order valence-electron chi connectivity index (χ1n) is 12.7. The van der Waals surface area contributed by atoms with Crippen molar-refractivity contribution < 1.29 is 9.59 Å². The van der Waals surface area contributed by atoms with Crippen LogP contribution in [0, 0.1) is 5.92 Å². The number of nitrogens with one attached hydrogen (secondary N) is 1. The van der Waals surface area contributed by atoms with Gasteiger partial charge in [-0.25, -0.2) is 4.68 Å². The van der Waals surface area contributed by atoms with Crippen molar-refractivity contribution >= 4 is 11.8 Å². The smallest absolute Gasteiger partial charge is 0.259 e. The minimum Gasteiger partial charge on any atom is -0.355 e. The molecule has 182 valence electrons. The van der Waals surface area contributed by atoms with E-state index in [9.17, 15) is 9.59 Å². The second kappa shape index (κ2) is 10.8. The maximum absolute atomic E-state index is 13.7. The first-order chi connectivity index (χ1) is 17.2. The Balaban J connectivity index is 1.29. The Kier molecular flexibility index (Phi) is 7.12. The number of rotatable bonds is 7. The van der Waals surface area contributed by atoms with Crippen molar-refractivity contribution in [1.82, 2.24) is 24.6 Å². The third-order valence-corrected chi connectivity index (χ3v) is 7.03. The lowest BCUT2D eigenvalue weighted by Crippen LogP contribution is -2.45. The summed E-state index contributed by atoms with van der Waals surface area (Å²) in [5.74, 6) is 0.510. The van der Waals surface area contributed by atoms with Crippen LogP contribution in [-0.4, -0.2) is 50.7 Å². The molecule has 0 radical (unpaired) electrons. The van der Waals surface area contributed by atoms with Crippen LogP contribution in [0.3, 0.4) is 0 Å². The molecule has 2 amide bonds. The van der Waals surface area contributed by atoms with Crippen molar-refractivity contribution in [2.45, 2.75) is 44.9 Å². The van der Waals surface area contributed by atoms with Gasteiger partial charge < -0.3 is 14.8 Å². The number of para-hydroxylation sites is 1. The predicted molar refractivity (Wildman–Crippen MR) is 136 cm³/mol. The van der Waals surface area contributed by atoms with Crippen LogP contribution < -0.4 is 5.32 Å². The third kappa shape index (κ3) is 5.24. The molecule has 1 atom stereocenters. The third-order valence-electron chi connectivity index (χ3n) is 7.03. The number of carbonyl (C=O) groups excluding carboxylic acids is 2. The van der Waals surface area contributed by atoms with Gasteiger partial charge >= 0.3 is 0 Å². The quantitative estimate of drug-likeness (QED) is 0.515. The second-order valence-corrected chi connectivity index (χ2v) is 9.46. The molecule has 0 unspecified atom stereocenters. The molecular weight excluding hydrogens is 438 g/mol. The number of likely N-dealkylation sites (tertiary alicyclic amines) is 1. The normalized spacial score (nSPS) is 18.2. The summed E-state index contributed by atoms with van der Waals surface area (Å²) in [5, 5.41) is 7.68. The Hall–Kier alpha value is -3.61. The van der Waals surface area contributed by atoms with Gasteiger partial charge in [-0.05, 0) is 69.2 Å². The Labute approximate surface area is 206 Å². The minimum atomic E-state index is -0.174. The van der Waals surface area contributed by atoms with E-state index in [-0.39, 0.29) is 17.7 Å². The topological polar surface area (TPSA) is 72.2 Å². The molecule has 0 bridgehead atoms. The van der Waals surface area contributed by atoms with Crippen LogP contribution >= 0.6 is 0 Å². The zero-order chi connectivity index (χ0) is 24.0. The highest BCUT2D eigenvalue weighted by Gasteiger charge is 2.31. The van der Waals surface area contributed by atoms with Crippen molar-refractivity contribution in [3.63, 3.8) is 0 Å². The van der Waals surface area contributed by atoms with Gasteiger partial charge in [0.25, 0.3) is 5.91 Å². The first-order valence-corrected chi connectivity index (χ1v) is 12.7. The van der Waals surface area contributed by atoms with Gasteiger partial charge in [0.2, 0.25) is 5.91 Å². The van der Waals surface area contributed by atoms with Gasteiger partial charge in [0.1, 0.15) is 5.56 Å². The highest BCUT2D eigenvalue weighted by atomic mass is 16.2. The maximum Gasteiger partial charge on any atom is 0.259 e. The van der Waals surface area contributed by atoms with Crippen LogP contribution in [0.1, 0.15) is 55.3 Å². The van der Waals surface area contributed by atoms with Gasteiger partial charge in [-0.1, -0.05) is 29.8 Å². The summed E-state index contributed by atoms with van der Waals surface area (Å²) >= 11 is 0. The monoisotopic (exact) mass is 471 g/mol. The number of carbonyl (C=O) groups is 2. The number of piperidine rings is 1. The minimum absolute atomic E-state index is 0.0597. The molecule has 1 N–H and O–H groups in total. The van der Waals surface area contributed by atoms with Crippen molar-refractivity contribution in [3.05, 3.63) is 78.3 Å². The zero-order valence-corrected chi connectivity index (χ0v) is 20.1. The average Bonchev–Trinajstić information content (AvgIpc) is 3.59. The van der Waals surface area contributed by atoms with Crippen molar-refractivity contribution in [2.24, 2.45) is 5.92 Å². The van der Waals surface area contributed by atoms with Crippen molar-refractivity contribution in [2.75, 3.05) is 19.6 Å². The summed E-state index contributed by atoms with van der Waals surface area (Å²) in [6.07, 6.45) is 15.2. The highest BCUT2D eigenvalue weighted by Crippen LogP contribution is 2.25. The van der Waals surface area contributed by atoms with Gasteiger partial charge in [-0.3, -0.25) is 9.59 Å². The molecule has 2 aliphatic rings. The van der Waals surface area contributed by atoms with Crippen LogP contribution in [-0.2, 0) is 4.79 Å². The van der Waals surface area contributed by atoms with Gasteiger partial charge in [0.05, 0.1) is 17.8 Å². The molecule has 2 aromatic heterocycles. The van der Waals surface area contributed by atoms with Crippen molar-refractivity contribution in [1.29, 1.82) is 0 Å². The van der Waals surface area contributed by atoms with Crippen LogP contribution in [0.4, 0.5) is 0 Å². The molecule has 3 heterocycles. The predicted octanol–water partition coefficient (Wildman–Crippen LogP) is 4.52. The van der Waals surface area contributed by atoms with Crippen LogP contribution in [0.5, 0.6) is 0 Å². The summed E-state index contributed by atoms with van der Waals surface area (Å²) in [5.41, 5.74) is 2.89. The average molecular weight is 472 g/mol. The molecule has 1 aliphatic carbocycles. The SMILES string of the molecule is O=C(NCCC1=CCCCC1)[C@@H]1CCCN(C(=O)c2cnn(-c3ccccc3)c2-n2cccc2)C1.